The van der Waals surface area contributed by atoms with E-state index in [4.69, 9.17) is 0 Å². The molecule has 3 heteroatoms. The van der Waals surface area contributed by atoms with Crippen molar-refractivity contribution >= 4 is 11.7 Å². The Morgan fingerprint density at radius 1 is 1.15 bits per heavy atom. The second kappa shape index (κ2) is 5.47. The van der Waals surface area contributed by atoms with Crippen molar-refractivity contribution in [2.75, 3.05) is 18.0 Å². The zero-order valence-electron chi connectivity index (χ0n) is 12.0. The lowest BCUT2D eigenvalue weighted by atomic mass is 9.73. The van der Waals surface area contributed by atoms with Crippen LogP contribution in [0.2, 0.25) is 0 Å². The van der Waals surface area contributed by atoms with E-state index >= 15 is 0 Å². The lowest BCUT2D eigenvalue weighted by Gasteiger charge is -2.41. The molecule has 0 unspecified atom stereocenters. The SMILES string of the molecule is O=C(O)C1(CN2CCCc3ccccc32)CCCCC1. The zero-order valence-corrected chi connectivity index (χ0v) is 12.0. The van der Waals surface area contributed by atoms with Gasteiger partial charge in [0.1, 0.15) is 0 Å². The van der Waals surface area contributed by atoms with Gasteiger partial charge in [-0.15, -0.1) is 0 Å². The normalized spacial score (nSPS) is 21.3. The number of carboxylic acids is 1. The van der Waals surface area contributed by atoms with Crippen molar-refractivity contribution in [2.24, 2.45) is 5.41 Å². The van der Waals surface area contributed by atoms with E-state index in [1.54, 1.807) is 0 Å². The fraction of sp³-hybridized carbons (Fsp3) is 0.588. The van der Waals surface area contributed by atoms with E-state index in [0.29, 0.717) is 6.54 Å². The number of hydrogen-bond donors (Lipinski definition) is 1. The predicted molar refractivity (Wildman–Crippen MR) is 80.1 cm³/mol. The molecular weight excluding hydrogens is 250 g/mol. The number of carbonyl (C=O) groups is 1. The van der Waals surface area contributed by atoms with E-state index in [1.165, 1.54) is 17.7 Å². The maximum Gasteiger partial charge on any atom is 0.311 e. The summed E-state index contributed by atoms with van der Waals surface area (Å²) < 4.78 is 0. The number of aliphatic carboxylic acids is 1. The van der Waals surface area contributed by atoms with Gasteiger partial charge >= 0.3 is 5.97 Å². The van der Waals surface area contributed by atoms with Crippen molar-refractivity contribution in [2.45, 2.75) is 44.9 Å². The number of anilines is 1. The average Bonchev–Trinajstić information content (AvgIpc) is 2.48. The Morgan fingerprint density at radius 3 is 2.65 bits per heavy atom. The van der Waals surface area contributed by atoms with E-state index in [9.17, 15) is 9.90 Å². The molecule has 0 saturated heterocycles. The Balaban J connectivity index is 1.85. The van der Waals surface area contributed by atoms with Crippen LogP contribution in [-0.4, -0.2) is 24.2 Å². The maximum absolute atomic E-state index is 11.8. The highest BCUT2D eigenvalue weighted by Crippen LogP contribution is 2.39. The summed E-state index contributed by atoms with van der Waals surface area (Å²) in [4.78, 5) is 14.2. The number of rotatable bonds is 3. The summed E-state index contributed by atoms with van der Waals surface area (Å²) in [6.45, 7) is 1.67. The lowest BCUT2D eigenvalue weighted by Crippen LogP contribution is -2.46. The van der Waals surface area contributed by atoms with E-state index in [0.717, 1.165) is 45.1 Å². The summed E-state index contributed by atoms with van der Waals surface area (Å²) in [6, 6.07) is 8.46. The third-order valence-electron chi connectivity index (χ3n) is 4.96. The van der Waals surface area contributed by atoms with Gasteiger partial charge in [0.2, 0.25) is 0 Å². The topological polar surface area (TPSA) is 40.5 Å². The van der Waals surface area contributed by atoms with Gasteiger partial charge in [0.25, 0.3) is 0 Å². The molecule has 1 aromatic rings. The minimum atomic E-state index is -0.597. The van der Waals surface area contributed by atoms with Gasteiger partial charge in [-0.1, -0.05) is 37.5 Å². The molecule has 0 bridgehead atoms. The van der Waals surface area contributed by atoms with Crippen molar-refractivity contribution in [3.63, 3.8) is 0 Å². The van der Waals surface area contributed by atoms with Crippen molar-refractivity contribution < 1.29 is 9.90 Å². The second-order valence-electron chi connectivity index (χ2n) is 6.30. The molecule has 1 N–H and O–H groups in total. The van der Waals surface area contributed by atoms with Crippen LogP contribution in [0, 0.1) is 5.41 Å². The summed E-state index contributed by atoms with van der Waals surface area (Å²) in [7, 11) is 0. The predicted octanol–water partition coefficient (Wildman–Crippen LogP) is 3.47. The molecule has 0 radical (unpaired) electrons. The molecule has 1 aromatic carbocycles. The fourth-order valence-electron chi connectivity index (χ4n) is 3.81. The maximum atomic E-state index is 11.8. The van der Waals surface area contributed by atoms with Crippen molar-refractivity contribution in [3.8, 4) is 0 Å². The molecular formula is C17H23NO2. The third kappa shape index (κ3) is 2.41. The monoisotopic (exact) mass is 273 g/mol. The number of fused-ring (bicyclic) bond motifs is 1. The largest absolute Gasteiger partial charge is 0.481 e. The highest BCUT2D eigenvalue weighted by Gasteiger charge is 2.41. The van der Waals surface area contributed by atoms with Crippen LogP contribution < -0.4 is 4.90 Å². The Morgan fingerprint density at radius 2 is 1.90 bits per heavy atom. The van der Waals surface area contributed by atoms with Gasteiger partial charge < -0.3 is 10.0 Å². The number of carboxylic acid groups (broad SMARTS) is 1. The van der Waals surface area contributed by atoms with Crippen LogP contribution in [0.25, 0.3) is 0 Å². The van der Waals surface area contributed by atoms with Crippen LogP contribution in [0.4, 0.5) is 5.69 Å². The quantitative estimate of drug-likeness (QED) is 0.916. The third-order valence-corrected chi connectivity index (χ3v) is 4.96. The van der Waals surface area contributed by atoms with Gasteiger partial charge in [0.05, 0.1) is 5.41 Å². The molecule has 2 aliphatic rings. The van der Waals surface area contributed by atoms with Gasteiger partial charge in [-0.2, -0.15) is 0 Å². The summed E-state index contributed by atoms with van der Waals surface area (Å²) in [5.41, 5.74) is 2.10. The standard InChI is InChI=1S/C17H23NO2/c19-16(20)17(10-4-1-5-11-17)13-18-12-6-8-14-7-2-3-9-15(14)18/h2-3,7,9H,1,4-6,8,10-13H2,(H,19,20). The van der Waals surface area contributed by atoms with E-state index in [1.807, 2.05) is 0 Å². The summed E-state index contributed by atoms with van der Waals surface area (Å²) in [5.74, 6) is -0.597. The average molecular weight is 273 g/mol. The molecule has 0 aromatic heterocycles. The number of aryl methyl sites for hydroxylation is 1. The molecule has 0 spiro atoms. The van der Waals surface area contributed by atoms with Crippen LogP contribution in [0.15, 0.2) is 24.3 Å². The highest BCUT2D eigenvalue weighted by molar-refractivity contribution is 5.76. The first kappa shape index (κ1) is 13.5. The fourth-order valence-corrected chi connectivity index (χ4v) is 3.81. The second-order valence-corrected chi connectivity index (χ2v) is 6.30. The van der Waals surface area contributed by atoms with Gasteiger partial charge in [-0.3, -0.25) is 4.79 Å². The Kier molecular flexibility index (Phi) is 3.68. The minimum Gasteiger partial charge on any atom is -0.481 e. The molecule has 3 rings (SSSR count). The number of benzene rings is 1. The lowest BCUT2D eigenvalue weighted by molar-refractivity contribution is -0.150. The molecule has 0 amide bonds. The van der Waals surface area contributed by atoms with Crippen LogP contribution in [0.1, 0.15) is 44.1 Å². The smallest absolute Gasteiger partial charge is 0.311 e. The summed E-state index contributed by atoms with van der Waals surface area (Å²) in [5, 5.41) is 9.74. The van der Waals surface area contributed by atoms with Gasteiger partial charge in [0, 0.05) is 18.8 Å². The van der Waals surface area contributed by atoms with E-state index in [-0.39, 0.29) is 0 Å². The summed E-state index contributed by atoms with van der Waals surface area (Å²) in [6.07, 6.45) is 7.22. The first-order valence-electron chi connectivity index (χ1n) is 7.78. The van der Waals surface area contributed by atoms with Crippen LogP contribution in [0.5, 0.6) is 0 Å². The Bertz CT molecular complexity index is 492. The highest BCUT2D eigenvalue weighted by atomic mass is 16.4. The first-order chi connectivity index (χ1) is 9.71. The van der Waals surface area contributed by atoms with Gasteiger partial charge in [0.15, 0.2) is 0 Å². The first-order valence-corrected chi connectivity index (χ1v) is 7.78. The molecule has 3 nitrogen and oxygen atoms in total. The van der Waals surface area contributed by atoms with Crippen LogP contribution in [-0.2, 0) is 11.2 Å². The number of hydrogen-bond acceptors (Lipinski definition) is 2. The summed E-state index contributed by atoms with van der Waals surface area (Å²) >= 11 is 0. The minimum absolute atomic E-state index is 0.525. The molecule has 0 atom stereocenters. The zero-order chi connectivity index (χ0) is 14.0. The van der Waals surface area contributed by atoms with Crippen molar-refractivity contribution in [1.29, 1.82) is 0 Å². The molecule has 108 valence electrons. The van der Waals surface area contributed by atoms with E-state index < -0.39 is 11.4 Å². The van der Waals surface area contributed by atoms with E-state index in [2.05, 4.69) is 29.2 Å². The molecule has 1 heterocycles. The molecule has 1 aliphatic heterocycles. The van der Waals surface area contributed by atoms with Crippen molar-refractivity contribution in [3.05, 3.63) is 29.8 Å². The molecule has 1 fully saturated rings. The molecule has 1 saturated carbocycles. The van der Waals surface area contributed by atoms with Crippen molar-refractivity contribution in [1.82, 2.24) is 0 Å². The van der Waals surface area contributed by atoms with Crippen LogP contribution >= 0.6 is 0 Å². The molecule has 20 heavy (non-hydrogen) atoms. The Labute approximate surface area is 120 Å². The molecule has 1 aliphatic carbocycles. The number of para-hydroxylation sites is 1. The number of nitrogens with zero attached hydrogens (tertiary/aromatic N) is 1. The van der Waals surface area contributed by atoms with Gasteiger partial charge in [-0.05, 0) is 37.3 Å². The van der Waals surface area contributed by atoms with Gasteiger partial charge in [-0.25, -0.2) is 0 Å². The van der Waals surface area contributed by atoms with Crippen LogP contribution in [0.3, 0.4) is 0 Å². The Hall–Kier alpha value is -1.51.